The van der Waals surface area contributed by atoms with Crippen LogP contribution >= 0.6 is 31.9 Å². The Morgan fingerprint density at radius 2 is 2.00 bits per heavy atom. The molecule has 1 atom stereocenters. The van der Waals surface area contributed by atoms with Crippen LogP contribution in [0.5, 0.6) is 5.75 Å². The number of halogens is 3. The van der Waals surface area contributed by atoms with Crippen LogP contribution in [0.25, 0.3) is 0 Å². The van der Waals surface area contributed by atoms with Gasteiger partial charge >= 0.3 is 0 Å². The highest BCUT2D eigenvalue weighted by atomic mass is 79.9. The van der Waals surface area contributed by atoms with Gasteiger partial charge in [0.2, 0.25) is 0 Å². The van der Waals surface area contributed by atoms with E-state index in [9.17, 15) is 4.39 Å². The Hall–Kier alpha value is -0.870. The van der Waals surface area contributed by atoms with Crippen molar-refractivity contribution in [2.45, 2.75) is 18.2 Å². The molecule has 20 heavy (non-hydrogen) atoms. The van der Waals surface area contributed by atoms with Crippen molar-refractivity contribution in [3.05, 3.63) is 62.9 Å². The van der Waals surface area contributed by atoms with Crippen LogP contribution in [-0.2, 0) is 6.42 Å². The normalized spacial score (nSPS) is 14.8. The van der Waals surface area contributed by atoms with Crippen molar-refractivity contribution < 1.29 is 9.13 Å². The Kier molecular flexibility index (Phi) is 3.87. The summed E-state index contributed by atoms with van der Waals surface area (Å²) in [5, 5.41) is 0. The van der Waals surface area contributed by atoms with E-state index in [1.807, 2.05) is 25.1 Å². The van der Waals surface area contributed by atoms with Crippen molar-refractivity contribution in [1.29, 1.82) is 0 Å². The number of fused-ring (bicyclic) bond motifs is 1. The molecule has 1 aliphatic heterocycles. The van der Waals surface area contributed by atoms with Gasteiger partial charge in [0, 0.05) is 22.0 Å². The topological polar surface area (TPSA) is 9.23 Å². The van der Waals surface area contributed by atoms with E-state index in [4.69, 9.17) is 4.74 Å². The average molecular weight is 400 g/mol. The molecule has 1 unspecified atom stereocenters. The molecule has 0 spiro atoms. The maximum atomic E-state index is 14.2. The van der Waals surface area contributed by atoms with Crippen molar-refractivity contribution in [3.8, 4) is 5.75 Å². The number of aryl methyl sites for hydroxylation is 1. The van der Waals surface area contributed by atoms with Gasteiger partial charge in [-0.3, -0.25) is 0 Å². The molecule has 3 rings (SSSR count). The predicted molar refractivity (Wildman–Crippen MR) is 85.2 cm³/mol. The van der Waals surface area contributed by atoms with Crippen LogP contribution in [0, 0.1) is 12.7 Å². The van der Waals surface area contributed by atoms with Crippen LogP contribution in [0.3, 0.4) is 0 Å². The van der Waals surface area contributed by atoms with Gasteiger partial charge in [-0.15, -0.1) is 0 Å². The van der Waals surface area contributed by atoms with Crippen LogP contribution in [-0.4, -0.2) is 6.61 Å². The Bertz CT molecular complexity index is 670. The first-order valence-electron chi connectivity index (χ1n) is 6.41. The van der Waals surface area contributed by atoms with Crippen LogP contribution in [0.1, 0.15) is 27.1 Å². The zero-order chi connectivity index (χ0) is 14.3. The van der Waals surface area contributed by atoms with Gasteiger partial charge < -0.3 is 4.74 Å². The minimum Gasteiger partial charge on any atom is -0.493 e. The molecular weight excluding hydrogens is 387 g/mol. The van der Waals surface area contributed by atoms with E-state index in [1.54, 1.807) is 6.07 Å². The Morgan fingerprint density at radius 1 is 1.20 bits per heavy atom. The average Bonchev–Trinajstić information content (AvgIpc) is 2.85. The summed E-state index contributed by atoms with van der Waals surface area (Å²) in [6.07, 6.45) is 0.901. The molecule has 1 nitrogen and oxygen atoms in total. The molecule has 4 heteroatoms. The van der Waals surface area contributed by atoms with E-state index in [1.165, 1.54) is 5.56 Å². The summed E-state index contributed by atoms with van der Waals surface area (Å²) in [6.45, 7) is 2.57. The highest BCUT2D eigenvalue weighted by molar-refractivity contribution is 9.10. The lowest BCUT2D eigenvalue weighted by molar-refractivity contribution is 0.354. The maximum Gasteiger partial charge on any atom is 0.128 e. The molecule has 1 heterocycles. The van der Waals surface area contributed by atoms with Crippen LogP contribution in [0.4, 0.5) is 4.39 Å². The van der Waals surface area contributed by atoms with Gasteiger partial charge in [0.05, 0.1) is 11.4 Å². The molecule has 0 aromatic heterocycles. The number of ether oxygens (including phenoxy) is 1. The SMILES string of the molecule is Cc1ccc(C(Br)c2cc(Br)cc3c2OCC3)c(F)c1. The largest absolute Gasteiger partial charge is 0.493 e. The first kappa shape index (κ1) is 14.1. The number of hydrogen-bond donors (Lipinski definition) is 0. The van der Waals surface area contributed by atoms with E-state index < -0.39 is 0 Å². The molecule has 0 fully saturated rings. The maximum absolute atomic E-state index is 14.2. The summed E-state index contributed by atoms with van der Waals surface area (Å²) in [6, 6.07) is 9.36. The van der Waals surface area contributed by atoms with Crippen molar-refractivity contribution in [1.82, 2.24) is 0 Å². The zero-order valence-corrected chi connectivity index (χ0v) is 14.1. The Labute approximate surface area is 134 Å². The summed E-state index contributed by atoms with van der Waals surface area (Å²) in [7, 11) is 0. The molecule has 2 aromatic rings. The minimum absolute atomic E-state index is 0.196. The van der Waals surface area contributed by atoms with E-state index in [-0.39, 0.29) is 10.6 Å². The molecule has 104 valence electrons. The summed E-state index contributed by atoms with van der Waals surface area (Å²) in [5.41, 5.74) is 3.69. The molecule has 2 aromatic carbocycles. The fourth-order valence-corrected chi connectivity index (χ4v) is 3.73. The van der Waals surface area contributed by atoms with Gasteiger partial charge in [-0.25, -0.2) is 4.39 Å². The van der Waals surface area contributed by atoms with E-state index in [2.05, 4.69) is 37.9 Å². The summed E-state index contributed by atoms with van der Waals surface area (Å²) < 4.78 is 20.9. The number of alkyl halides is 1. The molecule has 0 saturated carbocycles. The Balaban J connectivity index is 2.09. The highest BCUT2D eigenvalue weighted by Crippen LogP contribution is 2.43. The first-order chi connectivity index (χ1) is 9.56. The molecule has 0 amide bonds. The van der Waals surface area contributed by atoms with Crippen molar-refractivity contribution in [2.24, 2.45) is 0 Å². The van der Waals surface area contributed by atoms with Crippen molar-refractivity contribution in [2.75, 3.05) is 6.61 Å². The number of rotatable bonds is 2. The van der Waals surface area contributed by atoms with Gasteiger partial charge in [0.1, 0.15) is 11.6 Å². The van der Waals surface area contributed by atoms with Gasteiger partial charge in [0.15, 0.2) is 0 Å². The number of hydrogen-bond acceptors (Lipinski definition) is 1. The summed E-state index contributed by atoms with van der Waals surface area (Å²) >= 11 is 7.13. The molecule has 0 saturated heterocycles. The molecule has 0 aliphatic carbocycles. The second-order valence-electron chi connectivity index (χ2n) is 4.97. The second-order valence-corrected chi connectivity index (χ2v) is 6.80. The summed E-state index contributed by atoms with van der Waals surface area (Å²) in [5.74, 6) is 0.689. The fourth-order valence-electron chi connectivity index (χ4n) is 2.49. The highest BCUT2D eigenvalue weighted by Gasteiger charge is 2.24. The van der Waals surface area contributed by atoms with Crippen LogP contribution in [0.2, 0.25) is 0 Å². The van der Waals surface area contributed by atoms with E-state index in [0.717, 1.165) is 27.8 Å². The lowest BCUT2D eigenvalue weighted by atomic mass is 10.00. The first-order valence-corrected chi connectivity index (χ1v) is 8.12. The Morgan fingerprint density at radius 3 is 2.75 bits per heavy atom. The van der Waals surface area contributed by atoms with Crippen LogP contribution in [0.15, 0.2) is 34.8 Å². The zero-order valence-electron chi connectivity index (χ0n) is 10.9. The fraction of sp³-hybridized carbons (Fsp3) is 0.250. The lowest BCUT2D eigenvalue weighted by Crippen LogP contribution is -2.00. The smallest absolute Gasteiger partial charge is 0.128 e. The molecular formula is C16H13Br2FO. The van der Waals surface area contributed by atoms with Gasteiger partial charge in [-0.1, -0.05) is 44.0 Å². The van der Waals surface area contributed by atoms with Crippen molar-refractivity contribution >= 4 is 31.9 Å². The third-order valence-electron chi connectivity index (χ3n) is 3.48. The molecule has 0 bridgehead atoms. The van der Waals surface area contributed by atoms with E-state index in [0.29, 0.717) is 12.2 Å². The minimum atomic E-state index is -0.215. The third kappa shape index (κ3) is 2.51. The molecule has 0 N–H and O–H groups in total. The number of benzene rings is 2. The predicted octanol–water partition coefficient (Wildman–Crippen LogP) is 5.32. The van der Waals surface area contributed by atoms with E-state index >= 15 is 0 Å². The van der Waals surface area contributed by atoms with Gasteiger partial charge in [-0.2, -0.15) is 0 Å². The second kappa shape index (κ2) is 5.49. The standard InChI is InChI=1S/C16H13Br2FO/c1-9-2-3-12(14(19)6-9)15(18)13-8-11(17)7-10-4-5-20-16(10)13/h2-3,6-8,15H,4-5H2,1H3. The van der Waals surface area contributed by atoms with Crippen molar-refractivity contribution in [3.63, 3.8) is 0 Å². The summed E-state index contributed by atoms with van der Waals surface area (Å²) in [4.78, 5) is -0.215. The molecule has 1 aliphatic rings. The van der Waals surface area contributed by atoms with Gasteiger partial charge in [0.25, 0.3) is 0 Å². The molecule has 0 radical (unpaired) electrons. The quantitative estimate of drug-likeness (QED) is 0.621. The third-order valence-corrected chi connectivity index (χ3v) is 4.92. The monoisotopic (exact) mass is 398 g/mol. The lowest BCUT2D eigenvalue weighted by Gasteiger charge is -2.16. The van der Waals surface area contributed by atoms with Crippen LogP contribution < -0.4 is 4.74 Å². The van der Waals surface area contributed by atoms with Gasteiger partial charge in [-0.05, 0) is 36.2 Å².